The molecule has 1 heterocycles. The summed E-state index contributed by atoms with van der Waals surface area (Å²) in [6.45, 7) is 2.45. The molecule has 6 heteroatoms. The van der Waals surface area contributed by atoms with Crippen LogP contribution in [-0.2, 0) is 4.79 Å². The summed E-state index contributed by atoms with van der Waals surface area (Å²) >= 11 is 3.27. The number of carbonyl (C=O) groups excluding carboxylic acids is 1. The monoisotopic (exact) mass is 286 g/mol. The van der Waals surface area contributed by atoms with Gasteiger partial charge in [-0.2, -0.15) is 0 Å². The van der Waals surface area contributed by atoms with Crippen molar-refractivity contribution in [3.63, 3.8) is 0 Å². The van der Waals surface area contributed by atoms with Crippen LogP contribution >= 0.6 is 15.9 Å². The molecule has 1 aromatic heterocycles. The number of amides is 1. The Hall–Kier alpha value is -1.17. The molecule has 0 aliphatic carbocycles. The van der Waals surface area contributed by atoms with Crippen molar-refractivity contribution in [1.82, 2.24) is 15.3 Å². The van der Waals surface area contributed by atoms with Crippen molar-refractivity contribution in [2.75, 3.05) is 25.5 Å². The molecule has 0 radical (unpaired) electrons. The van der Waals surface area contributed by atoms with E-state index in [0.717, 1.165) is 4.47 Å². The number of aromatic nitrogens is 2. The van der Waals surface area contributed by atoms with E-state index in [2.05, 4.69) is 31.2 Å². The molecule has 1 unspecified atom stereocenters. The van der Waals surface area contributed by atoms with Crippen LogP contribution in [0.15, 0.2) is 16.9 Å². The highest BCUT2D eigenvalue weighted by molar-refractivity contribution is 9.10. The molecule has 0 bridgehead atoms. The van der Waals surface area contributed by atoms with Crippen LogP contribution in [0.3, 0.4) is 0 Å². The van der Waals surface area contributed by atoms with Gasteiger partial charge in [-0.1, -0.05) is 6.92 Å². The summed E-state index contributed by atoms with van der Waals surface area (Å²) in [5.41, 5.74) is 0. The average Bonchev–Trinajstić information content (AvgIpc) is 2.28. The molecule has 0 saturated heterocycles. The fraction of sp³-hybridized carbons (Fsp3) is 0.500. The third kappa shape index (κ3) is 3.44. The van der Waals surface area contributed by atoms with Crippen LogP contribution in [0, 0.1) is 5.92 Å². The summed E-state index contributed by atoms with van der Waals surface area (Å²) in [6.07, 6.45) is 3.37. The zero-order valence-corrected chi connectivity index (χ0v) is 11.2. The zero-order valence-electron chi connectivity index (χ0n) is 9.57. The van der Waals surface area contributed by atoms with Crippen molar-refractivity contribution in [3.8, 4) is 0 Å². The van der Waals surface area contributed by atoms with Gasteiger partial charge in [-0.3, -0.25) is 4.79 Å². The molecule has 1 atom stereocenters. The number of rotatable bonds is 4. The predicted octanol–water partition coefficient (Wildman–Crippen LogP) is 1.06. The first-order valence-electron chi connectivity index (χ1n) is 4.95. The minimum absolute atomic E-state index is 0.0176. The third-order valence-electron chi connectivity index (χ3n) is 2.19. The van der Waals surface area contributed by atoms with Crippen LogP contribution in [-0.4, -0.2) is 36.5 Å². The van der Waals surface area contributed by atoms with Gasteiger partial charge < -0.3 is 10.2 Å². The number of halogens is 1. The van der Waals surface area contributed by atoms with E-state index in [-0.39, 0.29) is 11.8 Å². The Morgan fingerprint density at radius 3 is 2.62 bits per heavy atom. The Labute approximate surface area is 103 Å². The lowest BCUT2D eigenvalue weighted by molar-refractivity contribution is -0.123. The highest BCUT2D eigenvalue weighted by Gasteiger charge is 2.14. The molecule has 1 rings (SSSR count). The van der Waals surface area contributed by atoms with E-state index < -0.39 is 0 Å². The highest BCUT2D eigenvalue weighted by Crippen LogP contribution is 2.11. The Balaban J connectivity index is 2.61. The maximum absolute atomic E-state index is 11.3. The molecule has 16 heavy (non-hydrogen) atoms. The van der Waals surface area contributed by atoms with Gasteiger partial charge >= 0.3 is 0 Å². The van der Waals surface area contributed by atoms with E-state index in [1.807, 2.05) is 18.9 Å². The fourth-order valence-corrected chi connectivity index (χ4v) is 1.53. The molecule has 0 spiro atoms. The van der Waals surface area contributed by atoms with Crippen molar-refractivity contribution in [2.24, 2.45) is 5.92 Å². The summed E-state index contributed by atoms with van der Waals surface area (Å²) in [5, 5.41) is 2.62. The molecule has 1 aromatic rings. The molecule has 0 aromatic carbocycles. The maximum atomic E-state index is 11.3. The summed E-state index contributed by atoms with van der Waals surface area (Å²) in [7, 11) is 3.50. The van der Waals surface area contributed by atoms with Gasteiger partial charge in [0.15, 0.2) is 0 Å². The van der Waals surface area contributed by atoms with Crippen LogP contribution in [0.2, 0.25) is 0 Å². The molecule has 0 fully saturated rings. The Kier molecular flexibility index (Phi) is 4.67. The molecule has 5 nitrogen and oxygen atoms in total. The van der Waals surface area contributed by atoms with E-state index in [1.165, 1.54) is 0 Å². The maximum Gasteiger partial charge on any atom is 0.225 e. The molecule has 0 aliphatic heterocycles. The predicted molar refractivity (Wildman–Crippen MR) is 66.2 cm³/mol. The summed E-state index contributed by atoms with van der Waals surface area (Å²) < 4.78 is 0.837. The fourth-order valence-electron chi connectivity index (χ4n) is 1.32. The first-order valence-corrected chi connectivity index (χ1v) is 5.74. The second kappa shape index (κ2) is 5.79. The Morgan fingerprint density at radius 2 is 2.12 bits per heavy atom. The van der Waals surface area contributed by atoms with Crippen LogP contribution in [0.1, 0.15) is 6.92 Å². The third-order valence-corrected chi connectivity index (χ3v) is 2.60. The molecular weight excluding hydrogens is 272 g/mol. The highest BCUT2D eigenvalue weighted by atomic mass is 79.9. The molecule has 0 saturated carbocycles. The minimum Gasteiger partial charge on any atom is -0.359 e. The summed E-state index contributed by atoms with van der Waals surface area (Å²) in [4.78, 5) is 21.5. The van der Waals surface area contributed by atoms with Gasteiger partial charge in [-0.15, -0.1) is 0 Å². The average molecular weight is 287 g/mol. The van der Waals surface area contributed by atoms with E-state index in [9.17, 15) is 4.79 Å². The van der Waals surface area contributed by atoms with Gasteiger partial charge in [0.2, 0.25) is 11.9 Å². The van der Waals surface area contributed by atoms with Gasteiger partial charge in [0, 0.05) is 33.0 Å². The number of carbonyl (C=O) groups is 1. The SMILES string of the molecule is CNC(=O)C(C)CN(C)c1ncc(Br)cn1. The first kappa shape index (κ1) is 12.9. The number of hydrogen-bond donors (Lipinski definition) is 1. The van der Waals surface area contributed by atoms with Crippen LogP contribution in [0.25, 0.3) is 0 Å². The van der Waals surface area contributed by atoms with Crippen LogP contribution in [0.5, 0.6) is 0 Å². The van der Waals surface area contributed by atoms with Crippen molar-refractivity contribution >= 4 is 27.8 Å². The van der Waals surface area contributed by atoms with Crippen molar-refractivity contribution in [2.45, 2.75) is 6.92 Å². The summed E-state index contributed by atoms with van der Waals surface area (Å²) in [5.74, 6) is 0.533. The lowest BCUT2D eigenvalue weighted by Gasteiger charge is -2.20. The van der Waals surface area contributed by atoms with E-state index >= 15 is 0 Å². The van der Waals surface area contributed by atoms with Gasteiger partial charge in [-0.05, 0) is 15.9 Å². The smallest absolute Gasteiger partial charge is 0.225 e. The van der Waals surface area contributed by atoms with E-state index in [1.54, 1.807) is 19.4 Å². The van der Waals surface area contributed by atoms with E-state index in [0.29, 0.717) is 12.5 Å². The molecular formula is C10H15BrN4O. The number of anilines is 1. The van der Waals surface area contributed by atoms with Crippen LogP contribution < -0.4 is 10.2 Å². The number of nitrogens with one attached hydrogen (secondary N) is 1. The molecule has 88 valence electrons. The second-order valence-electron chi connectivity index (χ2n) is 3.60. The van der Waals surface area contributed by atoms with Gasteiger partial charge in [0.25, 0.3) is 0 Å². The minimum atomic E-state index is -0.0951. The van der Waals surface area contributed by atoms with Gasteiger partial charge in [0.1, 0.15) is 0 Å². The topological polar surface area (TPSA) is 58.1 Å². The van der Waals surface area contributed by atoms with Crippen LogP contribution in [0.4, 0.5) is 5.95 Å². The zero-order chi connectivity index (χ0) is 12.1. The van der Waals surface area contributed by atoms with Crippen molar-refractivity contribution in [3.05, 3.63) is 16.9 Å². The lowest BCUT2D eigenvalue weighted by Crippen LogP contribution is -2.35. The second-order valence-corrected chi connectivity index (χ2v) is 4.51. The quantitative estimate of drug-likeness (QED) is 0.899. The Bertz CT molecular complexity index is 354. The molecule has 1 amide bonds. The van der Waals surface area contributed by atoms with Crippen molar-refractivity contribution in [1.29, 1.82) is 0 Å². The largest absolute Gasteiger partial charge is 0.359 e. The van der Waals surface area contributed by atoms with Gasteiger partial charge in [0.05, 0.1) is 10.4 Å². The normalized spacial score (nSPS) is 12.0. The standard InChI is InChI=1S/C10H15BrN4O/c1-7(9(16)12-2)6-15(3)10-13-4-8(11)5-14-10/h4-5,7H,6H2,1-3H3,(H,12,16). The first-order chi connectivity index (χ1) is 7.54. The number of hydrogen-bond acceptors (Lipinski definition) is 4. The number of nitrogens with zero attached hydrogens (tertiary/aromatic N) is 3. The van der Waals surface area contributed by atoms with Crippen molar-refractivity contribution < 1.29 is 4.79 Å². The Morgan fingerprint density at radius 1 is 1.56 bits per heavy atom. The molecule has 1 N–H and O–H groups in total. The lowest BCUT2D eigenvalue weighted by atomic mass is 10.1. The van der Waals surface area contributed by atoms with Gasteiger partial charge in [-0.25, -0.2) is 9.97 Å². The molecule has 0 aliphatic rings. The summed E-state index contributed by atoms with van der Waals surface area (Å²) in [6, 6.07) is 0. The van der Waals surface area contributed by atoms with E-state index in [4.69, 9.17) is 0 Å².